The lowest BCUT2D eigenvalue weighted by atomic mass is 10.1. The number of halogens is 1. The van der Waals surface area contributed by atoms with Gasteiger partial charge in [0.25, 0.3) is 0 Å². The van der Waals surface area contributed by atoms with Crippen LogP contribution in [-0.2, 0) is 6.54 Å². The monoisotopic (exact) mass is 301 g/mol. The van der Waals surface area contributed by atoms with E-state index in [2.05, 4.69) is 65.3 Å². The van der Waals surface area contributed by atoms with Crippen LogP contribution in [0.4, 0.5) is 0 Å². The van der Waals surface area contributed by atoms with Gasteiger partial charge >= 0.3 is 0 Å². The Morgan fingerprint density at radius 2 is 2.19 bits per heavy atom. The molecule has 1 atom stereocenters. The molecule has 1 aromatic rings. The maximum atomic E-state index is 3.51. The van der Waals surface area contributed by atoms with Crippen LogP contribution < -0.4 is 0 Å². The van der Waals surface area contributed by atoms with Crippen molar-refractivity contribution < 1.29 is 0 Å². The van der Waals surface area contributed by atoms with Gasteiger partial charge in [-0.25, -0.2) is 0 Å². The van der Waals surface area contributed by atoms with Crippen molar-refractivity contribution in [2.45, 2.75) is 25.9 Å². The molecule has 0 radical (unpaired) electrons. The third-order valence-corrected chi connectivity index (χ3v) is 3.95. The first-order valence-corrected chi connectivity index (χ1v) is 7.75. The fourth-order valence-electron chi connectivity index (χ4n) is 1.59. The van der Waals surface area contributed by atoms with E-state index in [1.54, 1.807) is 0 Å². The molecule has 1 nitrogen and oxygen atoms in total. The van der Waals surface area contributed by atoms with Gasteiger partial charge in [-0.1, -0.05) is 28.1 Å². The van der Waals surface area contributed by atoms with Crippen molar-refractivity contribution in [3.8, 4) is 0 Å². The third-order valence-electron chi connectivity index (χ3n) is 2.81. The van der Waals surface area contributed by atoms with E-state index >= 15 is 0 Å². The van der Waals surface area contributed by atoms with E-state index in [4.69, 9.17) is 0 Å². The van der Waals surface area contributed by atoms with Crippen molar-refractivity contribution in [1.82, 2.24) is 4.90 Å². The first kappa shape index (κ1) is 14.1. The Kier molecular flexibility index (Phi) is 6.47. The minimum Gasteiger partial charge on any atom is -0.299 e. The Balaban J connectivity index is 2.47. The maximum Gasteiger partial charge on any atom is 0.0233 e. The van der Waals surface area contributed by atoms with Crippen molar-refractivity contribution in [2.24, 2.45) is 0 Å². The largest absolute Gasteiger partial charge is 0.299 e. The van der Waals surface area contributed by atoms with Gasteiger partial charge < -0.3 is 0 Å². The molecule has 1 unspecified atom stereocenters. The highest BCUT2D eigenvalue weighted by molar-refractivity contribution is 9.10. The quantitative estimate of drug-likeness (QED) is 0.781. The highest BCUT2D eigenvalue weighted by Crippen LogP contribution is 2.15. The number of thioether (sulfide) groups is 1. The van der Waals surface area contributed by atoms with Gasteiger partial charge in [0, 0.05) is 17.1 Å². The SMILES string of the molecule is CSCCC(C)N(C)Cc1cccc(Br)c1. The number of benzene rings is 1. The fourth-order valence-corrected chi connectivity index (χ4v) is 2.61. The summed E-state index contributed by atoms with van der Waals surface area (Å²) in [5.74, 6) is 1.24. The maximum absolute atomic E-state index is 3.51. The van der Waals surface area contributed by atoms with Gasteiger partial charge in [-0.3, -0.25) is 4.90 Å². The molecule has 0 spiro atoms. The Labute approximate surface area is 112 Å². The molecule has 0 saturated carbocycles. The highest BCUT2D eigenvalue weighted by Gasteiger charge is 2.09. The minimum atomic E-state index is 0.645. The van der Waals surface area contributed by atoms with Gasteiger partial charge in [0.15, 0.2) is 0 Å². The Morgan fingerprint density at radius 3 is 2.81 bits per heavy atom. The Bertz CT molecular complexity index is 317. The van der Waals surface area contributed by atoms with Crippen LogP contribution in [0.15, 0.2) is 28.7 Å². The van der Waals surface area contributed by atoms with Crippen LogP contribution in [0.1, 0.15) is 18.9 Å². The molecule has 1 rings (SSSR count). The number of hydrogen-bond donors (Lipinski definition) is 0. The molecule has 0 aromatic heterocycles. The summed E-state index contributed by atoms with van der Waals surface area (Å²) < 4.78 is 1.16. The van der Waals surface area contributed by atoms with Crippen molar-refractivity contribution >= 4 is 27.7 Å². The summed E-state index contributed by atoms with van der Waals surface area (Å²) in [5.41, 5.74) is 1.37. The van der Waals surface area contributed by atoms with E-state index in [9.17, 15) is 0 Å². The molecular formula is C13H20BrNS. The zero-order valence-electron chi connectivity index (χ0n) is 10.2. The van der Waals surface area contributed by atoms with Crippen molar-refractivity contribution in [3.05, 3.63) is 34.3 Å². The van der Waals surface area contributed by atoms with Gasteiger partial charge in [-0.15, -0.1) is 0 Å². The van der Waals surface area contributed by atoms with E-state index in [-0.39, 0.29) is 0 Å². The van der Waals surface area contributed by atoms with Crippen LogP contribution in [0.2, 0.25) is 0 Å². The summed E-state index contributed by atoms with van der Waals surface area (Å²) in [6.45, 7) is 3.32. The van der Waals surface area contributed by atoms with Gasteiger partial charge in [-0.05, 0) is 50.1 Å². The Morgan fingerprint density at radius 1 is 1.44 bits per heavy atom. The summed E-state index contributed by atoms with van der Waals surface area (Å²) in [7, 11) is 2.20. The molecule has 3 heteroatoms. The number of hydrogen-bond acceptors (Lipinski definition) is 2. The van der Waals surface area contributed by atoms with E-state index in [0.717, 1.165) is 11.0 Å². The lowest BCUT2D eigenvalue weighted by Gasteiger charge is -2.24. The van der Waals surface area contributed by atoms with Crippen LogP contribution in [0.5, 0.6) is 0 Å². The van der Waals surface area contributed by atoms with E-state index in [1.165, 1.54) is 17.7 Å². The van der Waals surface area contributed by atoms with Gasteiger partial charge in [0.05, 0.1) is 0 Å². The highest BCUT2D eigenvalue weighted by atomic mass is 79.9. The minimum absolute atomic E-state index is 0.645. The van der Waals surface area contributed by atoms with Crippen LogP contribution in [-0.4, -0.2) is 30.0 Å². The molecule has 0 bridgehead atoms. The van der Waals surface area contributed by atoms with Crippen LogP contribution in [0.3, 0.4) is 0 Å². The lowest BCUT2D eigenvalue weighted by Crippen LogP contribution is -2.29. The second kappa shape index (κ2) is 7.36. The van der Waals surface area contributed by atoms with E-state index in [0.29, 0.717) is 6.04 Å². The molecule has 1 aromatic carbocycles. The lowest BCUT2D eigenvalue weighted by molar-refractivity contribution is 0.245. The average molecular weight is 302 g/mol. The van der Waals surface area contributed by atoms with Crippen molar-refractivity contribution in [1.29, 1.82) is 0 Å². The second-order valence-corrected chi connectivity index (χ2v) is 6.08. The summed E-state index contributed by atoms with van der Waals surface area (Å²) >= 11 is 5.43. The summed E-state index contributed by atoms with van der Waals surface area (Å²) in [4.78, 5) is 2.41. The summed E-state index contributed by atoms with van der Waals surface area (Å²) in [5, 5.41) is 0. The topological polar surface area (TPSA) is 3.24 Å². The predicted octanol–water partition coefficient (Wildman–Crippen LogP) is 4.02. The standard InChI is InChI=1S/C13H20BrNS/c1-11(7-8-16-3)15(2)10-12-5-4-6-13(14)9-12/h4-6,9,11H,7-8,10H2,1-3H3. The smallest absolute Gasteiger partial charge is 0.0233 e. The number of nitrogens with zero attached hydrogens (tertiary/aromatic N) is 1. The molecule has 0 aliphatic heterocycles. The second-order valence-electron chi connectivity index (χ2n) is 4.18. The van der Waals surface area contributed by atoms with Crippen LogP contribution >= 0.6 is 27.7 Å². The van der Waals surface area contributed by atoms with Gasteiger partial charge in [0.1, 0.15) is 0 Å². The molecule has 0 N–H and O–H groups in total. The molecule has 0 amide bonds. The van der Waals surface area contributed by atoms with E-state index < -0.39 is 0 Å². The zero-order chi connectivity index (χ0) is 12.0. The van der Waals surface area contributed by atoms with Gasteiger partial charge in [-0.2, -0.15) is 11.8 Å². The van der Waals surface area contributed by atoms with Gasteiger partial charge in [0.2, 0.25) is 0 Å². The predicted molar refractivity (Wildman–Crippen MR) is 78.1 cm³/mol. The normalized spacial score (nSPS) is 13.1. The molecular weight excluding hydrogens is 282 g/mol. The molecule has 0 saturated heterocycles. The summed E-state index contributed by atoms with van der Waals surface area (Å²) in [6.07, 6.45) is 3.42. The molecule has 0 aliphatic rings. The zero-order valence-corrected chi connectivity index (χ0v) is 12.6. The van der Waals surface area contributed by atoms with Crippen molar-refractivity contribution in [3.63, 3.8) is 0 Å². The van der Waals surface area contributed by atoms with E-state index in [1.807, 2.05) is 11.8 Å². The Hall–Kier alpha value is 0.01000. The first-order valence-electron chi connectivity index (χ1n) is 5.57. The summed E-state index contributed by atoms with van der Waals surface area (Å²) in [6, 6.07) is 9.19. The average Bonchev–Trinajstić information content (AvgIpc) is 2.25. The number of rotatable bonds is 6. The van der Waals surface area contributed by atoms with Crippen molar-refractivity contribution in [2.75, 3.05) is 19.1 Å². The van der Waals surface area contributed by atoms with Crippen LogP contribution in [0.25, 0.3) is 0 Å². The third kappa shape index (κ3) is 4.89. The molecule has 0 fully saturated rings. The van der Waals surface area contributed by atoms with Crippen LogP contribution in [0, 0.1) is 0 Å². The molecule has 90 valence electrons. The molecule has 0 heterocycles. The molecule has 16 heavy (non-hydrogen) atoms. The fraction of sp³-hybridized carbons (Fsp3) is 0.538. The first-order chi connectivity index (χ1) is 7.63. The molecule has 0 aliphatic carbocycles.